The summed E-state index contributed by atoms with van der Waals surface area (Å²) in [5, 5.41) is 18.5. The molecule has 3 fully saturated rings. The van der Waals surface area contributed by atoms with Crippen molar-refractivity contribution in [3.05, 3.63) is 11.6 Å². The van der Waals surface area contributed by atoms with Crippen molar-refractivity contribution in [1.29, 1.82) is 0 Å². The molecule has 0 unspecified atom stereocenters. The average molecular weight is 533 g/mol. The van der Waals surface area contributed by atoms with Gasteiger partial charge in [0, 0.05) is 40.0 Å². The lowest BCUT2D eigenvalue weighted by Gasteiger charge is -2.58. The van der Waals surface area contributed by atoms with Gasteiger partial charge < -0.3 is 24.7 Å². The zero-order chi connectivity index (χ0) is 27.7. The van der Waals surface area contributed by atoms with Gasteiger partial charge in [-0.15, -0.1) is 0 Å². The second-order valence-corrected chi connectivity index (χ2v) is 13.5. The average Bonchev–Trinajstić information content (AvgIpc) is 3.24. The number of aliphatic hydroxyl groups excluding tert-OH is 2. The van der Waals surface area contributed by atoms with Crippen molar-refractivity contribution in [2.75, 3.05) is 40.4 Å². The van der Waals surface area contributed by atoms with Crippen molar-refractivity contribution in [3.8, 4) is 0 Å². The third-order valence-electron chi connectivity index (χ3n) is 11.4. The Balaban J connectivity index is 1.41. The van der Waals surface area contributed by atoms with Crippen molar-refractivity contribution in [3.63, 3.8) is 0 Å². The van der Waals surface area contributed by atoms with E-state index in [0.29, 0.717) is 29.6 Å². The Bertz CT molecular complexity index is 883. The summed E-state index contributed by atoms with van der Waals surface area (Å²) in [6.07, 6.45) is 12.6. The highest BCUT2D eigenvalue weighted by molar-refractivity contribution is 5.75. The summed E-state index contributed by atoms with van der Waals surface area (Å²) in [5.74, 6) is 3.71. The second-order valence-electron chi connectivity index (χ2n) is 13.5. The minimum atomic E-state index is -0.428. The molecular formula is C31H52N2O5. The molecule has 0 aromatic heterocycles. The molecule has 0 bridgehead atoms. The SMILES string of the molecule is C[C@H](CCC(=O)N(C)C)[C@H]1CC[C@H]2[C@@H]3CC=C4C[C@@H](OC(=O)N(CCO)CCO)CC[C@]4(C)[C@H]3CC[C@]12C. The standard InChI is InChI=1S/C31H52N2O5/c1-21(6-11-28(36)32(4)5)25-9-10-26-24-8-7-22-20-23(38-29(37)33(16-18-34)17-19-35)12-14-30(22,2)27(24)13-15-31(25,26)3/h7,21,23-27,34-35H,6,8-20H2,1-5H3/t21-,23+,24+,25-,26+,27+,30+,31-/m1/s1. The maximum absolute atomic E-state index is 12.7. The Morgan fingerprint density at radius 3 is 2.42 bits per heavy atom. The number of hydrogen-bond donors (Lipinski definition) is 2. The first kappa shape index (κ1) is 29.4. The summed E-state index contributed by atoms with van der Waals surface area (Å²) in [5.41, 5.74) is 2.04. The summed E-state index contributed by atoms with van der Waals surface area (Å²) in [7, 11) is 3.71. The van der Waals surface area contributed by atoms with Crippen LogP contribution in [-0.4, -0.2) is 78.5 Å². The molecule has 0 radical (unpaired) electrons. The molecule has 0 aromatic carbocycles. The number of hydrogen-bond acceptors (Lipinski definition) is 5. The predicted octanol–water partition coefficient (Wildman–Crippen LogP) is 4.86. The van der Waals surface area contributed by atoms with Crippen LogP contribution in [0.2, 0.25) is 0 Å². The van der Waals surface area contributed by atoms with Crippen LogP contribution in [0.4, 0.5) is 4.79 Å². The molecule has 0 spiro atoms. The molecule has 4 aliphatic rings. The van der Waals surface area contributed by atoms with E-state index in [9.17, 15) is 19.8 Å². The maximum atomic E-state index is 12.7. The third kappa shape index (κ3) is 5.52. The van der Waals surface area contributed by atoms with Crippen molar-refractivity contribution in [2.24, 2.45) is 40.4 Å². The van der Waals surface area contributed by atoms with Crippen LogP contribution >= 0.6 is 0 Å². The van der Waals surface area contributed by atoms with E-state index < -0.39 is 6.09 Å². The highest BCUT2D eigenvalue weighted by Gasteiger charge is 2.59. The molecular weight excluding hydrogens is 480 g/mol. The van der Waals surface area contributed by atoms with Crippen molar-refractivity contribution < 1.29 is 24.5 Å². The first-order valence-electron chi connectivity index (χ1n) is 15.1. The fraction of sp³-hybridized carbons (Fsp3) is 0.871. The van der Waals surface area contributed by atoms with Crippen LogP contribution in [0.3, 0.4) is 0 Å². The Morgan fingerprint density at radius 2 is 1.76 bits per heavy atom. The molecule has 8 atom stereocenters. The van der Waals surface area contributed by atoms with E-state index in [0.717, 1.165) is 43.9 Å². The monoisotopic (exact) mass is 532 g/mol. The first-order valence-corrected chi connectivity index (χ1v) is 15.1. The largest absolute Gasteiger partial charge is 0.446 e. The number of amides is 2. The molecule has 0 aliphatic heterocycles. The topological polar surface area (TPSA) is 90.3 Å². The van der Waals surface area contributed by atoms with Gasteiger partial charge in [0.05, 0.1) is 13.2 Å². The van der Waals surface area contributed by atoms with Gasteiger partial charge in [-0.1, -0.05) is 32.4 Å². The van der Waals surface area contributed by atoms with Crippen LogP contribution in [-0.2, 0) is 9.53 Å². The van der Waals surface area contributed by atoms with Crippen molar-refractivity contribution in [1.82, 2.24) is 9.80 Å². The molecule has 0 heterocycles. The van der Waals surface area contributed by atoms with Crippen molar-refractivity contribution in [2.45, 2.75) is 91.1 Å². The lowest BCUT2D eigenvalue weighted by molar-refractivity contribution is -0.129. The molecule has 7 heteroatoms. The molecule has 4 aliphatic carbocycles. The van der Waals surface area contributed by atoms with Gasteiger partial charge in [-0.05, 0) is 91.8 Å². The van der Waals surface area contributed by atoms with Gasteiger partial charge in [0.25, 0.3) is 0 Å². The fourth-order valence-corrected chi connectivity index (χ4v) is 9.23. The van der Waals surface area contributed by atoms with E-state index in [1.807, 2.05) is 14.1 Å². The highest BCUT2D eigenvalue weighted by Crippen LogP contribution is 2.67. The van der Waals surface area contributed by atoms with Crippen molar-refractivity contribution >= 4 is 12.0 Å². The van der Waals surface area contributed by atoms with E-state index in [-0.39, 0.29) is 43.7 Å². The number of rotatable bonds is 9. The number of carbonyl (C=O) groups is 2. The van der Waals surface area contributed by atoms with E-state index in [1.165, 1.54) is 36.2 Å². The van der Waals surface area contributed by atoms with Crippen LogP contribution < -0.4 is 0 Å². The van der Waals surface area contributed by atoms with Gasteiger partial charge in [0.2, 0.25) is 5.91 Å². The molecule has 216 valence electrons. The molecule has 3 saturated carbocycles. The van der Waals surface area contributed by atoms with Gasteiger partial charge in [-0.25, -0.2) is 4.79 Å². The van der Waals surface area contributed by atoms with E-state index in [4.69, 9.17) is 4.74 Å². The third-order valence-corrected chi connectivity index (χ3v) is 11.4. The molecule has 0 saturated heterocycles. The Morgan fingerprint density at radius 1 is 1.05 bits per heavy atom. The van der Waals surface area contributed by atoms with Crippen LogP contribution in [0.25, 0.3) is 0 Å². The smallest absolute Gasteiger partial charge is 0.410 e. The molecule has 38 heavy (non-hydrogen) atoms. The van der Waals surface area contributed by atoms with E-state index in [2.05, 4.69) is 26.8 Å². The Labute approximate surface area is 230 Å². The fourth-order valence-electron chi connectivity index (χ4n) is 9.23. The minimum absolute atomic E-state index is 0.131. The van der Waals surface area contributed by atoms with Gasteiger partial charge in [0.1, 0.15) is 6.10 Å². The highest BCUT2D eigenvalue weighted by atomic mass is 16.6. The Kier molecular flexibility index (Phi) is 9.18. The van der Waals surface area contributed by atoms with Gasteiger partial charge in [0.15, 0.2) is 0 Å². The van der Waals surface area contributed by atoms with Crippen LogP contribution in [0, 0.1) is 40.4 Å². The number of aliphatic hydroxyl groups is 2. The number of fused-ring (bicyclic) bond motifs is 5. The molecule has 0 aromatic rings. The van der Waals surface area contributed by atoms with Gasteiger partial charge in [-0.3, -0.25) is 4.79 Å². The number of ether oxygens (including phenoxy) is 1. The van der Waals surface area contributed by atoms with Gasteiger partial charge in [-0.2, -0.15) is 0 Å². The van der Waals surface area contributed by atoms with E-state index >= 15 is 0 Å². The second kappa shape index (κ2) is 11.9. The summed E-state index contributed by atoms with van der Waals surface area (Å²) in [6, 6.07) is 0. The number of allylic oxidation sites excluding steroid dienone is 1. The normalized spacial score (nSPS) is 36.8. The summed E-state index contributed by atoms with van der Waals surface area (Å²) < 4.78 is 5.87. The van der Waals surface area contributed by atoms with E-state index in [1.54, 1.807) is 4.90 Å². The summed E-state index contributed by atoms with van der Waals surface area (Å²) >= 11 is 0. The predicted molar refractivity (Wildman–Crippen MR) is 148 cm³/mol. The Hall–Kier alpha value is -1.60. The maximum Gasteiger partial charge on any atom is 0.410 e. The van der Waals surface area contributed by atoms with Crippen LogP contribution in [0.1, 0.15) is 85.0 Å². The molecule has 2 amide bonds. The summed E-state index contributed by atoms with van der Waals surface area (Å²) in [6.45, 7) is 7.52. The van der Waals surface area contributed by atoms with Crippen LogP contribution in [0.15, 0.2) is 11.6 Å². The number of carbonyl (C=O) groups excluding carboxylic acids is 2. The molecule has 7 nitrogen and oxygen atoms in total. The quantitative estimate of drug-likeness (QED) is 0.414. The number of nitrogens with zero attached hydrogens (tertiary/aromatic N) is 2. The zero-order valence-electron chi connectivity index (χ0n) is 24.5. The molecule has 4 rings (SSSR count). The van der Waals surface area contributed by atoms with Crippen LogP contribution in [0.5, 0.6) is 0 Å². The summed E-state index contributed by atoms with van der Waals surface area (Å²) in [4.78, 5) is 28.0. The zero-order valence-corrected chi connectivity index (χ0v) is 24.5. The minimum Gasteiger partial charge on any atom is -0.446 e. The lowest BCUT2D eigenvalue weighted by Crippen LogP contribution is -2.51. The first-order chi connectivity index (χ1) is 18.0. The molecule has 2 N–H and O–H groups in total. The lowest BCUT2D eigenvalue weighted by atomic mass is 9.47. The van der Waals surface area contributed by atoms with Gasteiger partial charge >= 0.3 is 6.09 Å².